The molecule has 0 spiro atoms. The van der Waals surface area contributed by atoms with Crippen molar-refractivity contribution >= 4 is 11.6 Å². The highest BCUT2D eigenvalue weighted by Gasteiger charge is 1.84. The fourth-order valence-corrected chi connectivity index (χ4v) is 0.515. The molecule has 0 bridgehead atoms. The van der Waals surface area contributed by atoms with Crippen LogP contribution >= 0.6 is 11.6 Å². The summed E-state index contributed by atoms with van der Waals surface area (Å²) in [4.78, 5) is 0. The standard InChI is InChI=1S/C6H4ClO/c7-5-1-3-6(8)4-2-5/h1-3,8H. The van der Waals surface area contributed by atoms with E-state index < -0.39 is 0 Å². The van der Waals surface area contributed by atoms with Gasteiger partial charge < -0.3 is 5.11 Å². The van der Waals surface area contributed by atoms with Crippen LogP contribution in [0.2, 0.25) is 5.02 Å². The van der Waals surface area contributed by atoms with E-state index in [1.165, 1.54) is 12.1 Å². The van der Waals surface area contributed by atoms with Crippen LogP contribution in [0.1, 0.15) is 0 Å². The van der Waals surface area contributed by atoms with Gasteiger partial charge in [0.2, 0.25) is 0 Å². The van der Waals surface area contributed by atoms with E-state index in [-0.39, 0.29) is 5.75 Å². The predicted octanol–water partition coefficient (Wildman–Crippen LogP) is 1.85. The Morgan fingerprint density at radius 3 is 2.62 bits per heavy atom. The summed E-state index contributed by atoms with van der Waals surface area (Å²) < 4.78 is 0. The van der Waals surface area contributed by atoms with E-state index in [2.05, 4.69) is 6.07 Å². The number of halogens is 1. The van der Waals surface area contributed by atoms with Crippen LogP contribution in [-0.2, 0) is 0 Å². The summed E-state index contributed by atoms with van der Waals surface area (Å²) in [6.07, 6.45) is 0. The predicted molar refractivity (Wildman–Crippen MR) is 32.0 cm³/mol. The van der Waals surface area contributed by atoms with E-state index in [0.29, 0.717) is 5.02 Å². The number of benzene rings is 1. The Morgan fingerprint density at radius 1 is 1.50 bits per heavy atom. The van der Waals surface area contributed by atoms with Crippen molar-refractivity contribution in [2.75, 3.05) is 0 Å². The molecule has 0 aliphatic heterocycles. The Labute approximate surface area is 52.5 Å². The SMILES string of the molecule is Oc1[c]cc(Cl)cc1. The van der Waals surface area contributed by atoms with Crippen LogP contribution in [0.15, 0.2) is 18.2 Å². The first kappa shape index (κ1) is 5.45. The van der Waals surface area contributed by atoms with Gasteiger partial charge in [-0.3, -0.25) is 0 Å². The Kier molecular flexibility index (Phi) is 1.40. The Bertz CT molecular complexity index is 147. The van der Waals surface area contributed by atoms with E-state index in [0.717, 1.165) is 0 Å². The number of aromatic hydroxyl groups is 1. The maximum atomic E-state index is 8.64. The quantitative estimate of drug-likeness (QED) is 0.564. The third-order valence-corrected chi connectivity index (χ3v) is 0.993. The number of hydrogen-bond acceptors (Lipinski definition) is 1. The van der Waals surface area contributed by atoms with E-state index in [9.17, 15) is 0 Å². The zero-order chi connectivity index (χ0) is 5.98. The summed E-state index contributed by atoms with van der Waals surface area (Å²) in [5.41, 5.74) is 0. The van der Waals surface area contributed by atoms with Crippen molar-refractivity contribution in [2.45, 2.75) is 0 Å². The van der Waals surface area contributed by atoms with Crippen LogP contribution in [0.5, 0.6) is 5.75 Å². The molecule has 0 atom stereocenters. The second-order valence-corrected chi connectivity index (χ2v) is 1.83. The van der Waals surface area contributed by atoms with Crippen LogP contribution in [-0.4, -0.2) is 5.11 Å². The number of rotatable bonds is 0. The largest absolute Gasteiger partial charge is 0.507 e. The monoisotopic (exact) mass is 127 g/mol. The summed E-state index contributed by atoms with van der Waals surface area (Å²) in [5, 5.41) is 9.23. The highest BCUT2D eigenvalue weighted by atomic mass is 35.5. The Hall–Kier alpha value is -0.690. The minimum Gasteiger partial charge on any atom is -0.507 e. The van der Waals surface area contributed by atoms with E-state index in [1.807, 2.05) is 0 Å². The van der Waals surface area contributed by atoms with Crippen LogP contribution in [0.25, 0.3) is 0 Å². The molecule has 1 N–H and O–H groups in total. The van der Waals surface area contributed by atoms with E-state index in [1.54, 1.807) is 6.07 Å². The third kappa shape index (κ3) is 1.14. The molecule has 8 heavy (non-hydrogen) atoms. The molecule has 0 aliphatic carbocycles. The van der Waals surface area contributed by atoms with Crippen molar-refractivity contribution in [2.24, 2.45) is 0 Å². The molecule has 41 valence electrons. The molecular weight excluding hydrogens is 124 g/mol. The van der Waals surface area contributed by atoms with Crippen molar-refractivity contribution in [1.29, 1.82) is 0 Å². The van der Waals surface area contributed by atoms with Gasteiger partial charge >= 0.3 is 0 Å². The fraction of sp³-hybridized carbons (Fsp3) is 0. The first-order valence-corrected chi connectivity index (χ1v) is 2.53. The molecule has 0 aliphatic rings. The van der Waals surface area contributed by atoms with Gasteiger partial charge in [0.1, 0.15) is 5.75 Å². The summed E-state index contributed by atoms with van der Waals surface area (Å²) in [7, 11) is 0. The average molecular weight is 128 g/mol. The van der Waals surface area contributed by atoms with Gasteiger partial charge in [0.15, 0.2) is 0 Å². The molecule has 2 heteroatoms. The molecule has 0 fully saturated rings. The molecule has 0 heterocycles. The molecule has 0 aromatic heterocycles. The smallest absolute Gasteiger partial charge is 0.123 e. The summed E-state index contributed by atoms with van der Waals surface area (Å²) in [5.74, 6) is 0.120. The Morgan fingerprint density at radius 2 is 2.25 bits per heavy atom. The van der Waals surface area contributed by atoms with Crippen LogP contribution in [0.3, 0.4) is 0 Å². The number of phenolic OH excluding ortho intramolecular Hbond substituents is 1. The van der Waals surface area contributed by atoms with Crippen molar-refractivity contribution in [3.63, 3.8) is 0 Å². The van der Waals surface area contributed by atoms with Gasteiger partial charge in [0.05, 0.1) is 0 Å². The third-order valence-electron chi connectivity index (χ3n) is 0.758. The van der Waals surface area contributed by atoms with E-state index >= 15 is 0 Å². The lowest BCUT2D eigenvalue weighted by atomic mass is 10.3. The molecular formula is C6H4ClO. The van der Waals surface area contributed by atoms with Crippen molar-refractivity contribution in [1.82, 2.24) is 0 Å². The molecule has 0 saturated heterocycles. The van der Waals surface area contributed by atoms with E-state index in [4.69, 9.17) is 16.7 Å². The van der Waals surface area contributed by atoms with Crippen molar-refractivity contribution in [3.05, 3.63) is 29.3 Å². The van der Waals surface area contributed by atoms with Gasteiger partial charge in [-0.25, -0.2) is 0 Å². The molecule has 1 rings (SSSR count). The lowest BCUT2D eigenvalue weighted by Gasteiger charge is -1.86. The first-order valence-electron chi connectivity index (χ1n) is 2.15. The van der Waals surface area contributed by atoms with Gasteiger partial charge in [-0.2, -0.15) is 0 Å². The fourth-order valence-electron chi connectivity index (χ4n) is 0.398. The van der Waals surface area contributed by atoms with Gasteiger partial charge in [0, 0.05) is 11.1 Å². The van der Waals surface area contributed by atoms with Crippen molar-refractivity contribution < 1.29 is 5.11 Å². The molecule has 0 unspecified atom stereocenters. The van der Waals surface area contributed by atoms with Gasteiger partial charge in [-0.15, -0.1) is 0 Å². The second-order valence-electron chi connectivity index (χ2n) is 1.39. The van der Waals surface area contributed by atoms with Crippen LogP contribution in [0, 0.1) is 6.07 Å². The zero-order valence-electron chi connectivity index (χ0n) is 4.06. The van der Waals surface area contributed by atoms with Crippen molar-refractivity contribution in [3.8, 4) is 5.75 Å². The molecule has 0 amide bonds. The van der Waals surface area contributed by atoms with Crippen LogP contribution in [0.4, 0.5) is 0 Å². The molecule has 1 aromatic carbocycles. The maximum absolute atomic E-state index is 8.64. The van der Waals surface area contributed by atoms with Gasteiger partial charge in [-0.1, -0.05) is 11.6 Å². The van der Waals surface area contributed by atoms with Crippen LogP contribution < -0.4 is 0 Å². The normalized spacial score (nSPS) is 9.12. The highest BCUT2D eigenvalue weighted by Crippen LogP contribution is 2.11. The topological polar surface area (TPSA) is 20.2 Å². The molecule has 1 radical (unpaired) electrons. The lowest BCUT2D eigenvalue weighted by molar-refractivity contribution is 0.474. The number of phenols is 1. The second kappa shape index (κ2) is 2.05. The maximum Gasteiger partial charge on any atom is 0.123 e. The zero-order valence-corrected chi connectivity index (χ0v) is 4.81. The molecule has 1 nitrogen and oxygen atoms in total. The van der Waals surface area contributed by atoms with Gasteiger partial charge in [0.25, 0.3) is 0 Å². The average Bonchev–Trinajstić information content (AvgIpc) is 1.77. The Balaban J connectivity index is 3.03. The number of hydrogen-bond donors (Lipinski definition) is 1. The van der Waals surface area contributed by atoms with Gasteiger partial charge in [-0.05, 0) is 18.2 Å². The minimum atomic E-state index is 0.120. The highest BCUT2D eigenvalue weighted by molar-refractivity contribution is 6.30. The summed E-state index contributed by atoms with van der Waals surface area (Å²) >= 11 is 5.47. The molecule has 0 saturated carbocycles. The first-order chi connectivity index (χ1) is 3.79. The summed E-state index contributed by atoms with van der Waals surface area (Å²) in [6, 6.07) is 7.13. The minimum absolute atomic E-state index is 0.120. The summed E-state index contributed by atoms with van der Waals surface area (Å²) in [6.45, 7) is 0. The lowest BCUT2D eigenvalue weighted by Crippen LogP contribution is -1.62. The molecule has 1 aromatic rings.